The Kier molecular flexibility index (Phi) is 4.07. The highest BCUT2D eigenvalue weighted by atomic mass is 16.6. The van der Waals surface area contributed by atoms with Crippen LogP contribution in [-0.4, -0.2) is 22.0 Å². The van der Waals surface area contributed by atoms with Crippen molar-refractivity contribution < 1.29 is 9.66 Å². The first-order valence-electron chi connectivity index (χ1n) is 7.07. The second kappa shape index (κ2) is 6.33. The molecular weight excluding hydrogens is 310 g/mol. The Morgan fingerprint density at radius 2 is 1.67 bits per heavy atom. The van der Waals surface area contributed by atoms with E-state index in [0.29, 0.717) is 22.7 Å². The van der Waals surface area contributed by atoms with E-state index >= 15 is 0 Å². The molecule has 0 spiro atoms. The zero-order valence-corrected chi connectivity index (χ0v) is 12.7. The molecule has 2 aromatic carbocycles. The molecule has 0 saturated heterocycles. The maximum atomic E-state index is 11.9. The van der Waals surface area contributed by atoms with E-state index in [9.17, 15) is 14.9 Å². The van der Waals surface area contributed by atoms with Crippen molar-refractivity contribution in [3.63, 3.8) is 0 Å². The number of nitro groups is 1. The van der Waals surface area contributed by atoms with Crippen LogP contribution in [0.4, 0.5) is 5.69 Å². The second-order valence-corrected chi connectivity index (χ2v) is 5.02. The number of ether oxygens (including phenoxy) is 1. The maximum absolute atomic E-state index is 11.9. The van der Waals surface area contributed by atoms with Crippen molar-refractivity contribution in [3.8, 4) is 28.3 Å². The average Bonchev–Trinajstić information content (AvgIpc) is 2.61. The first-order chi connectivity index (χ1) is 11.6. The third-order valence-corrected chi connectivity index (χ3v) is 3.52. The lowest BCUT2D eigenvalue weighted by Gasteiger charge is -2.06. The Morgan fingerprint density at radius 1 is 1.04 bits per heavy atom. The first-order valence-corrected chi connectivity index (χ1v) is 7.07. The summed E-state index contributed by atoms with van der Waals surface area (Å²) in [6.07, 6.45) is 0. The molecule has 3 rings (SSSR count). The van der Waals surface area contributed by atoms with E-state index < -0.39 is 10.6 Å². The molecule has 0 aliphatic heterocycles. The van der Waals surface area contributed by atoms with E-state index in [2.05, 4.69) is 9.97 Å². The van der Waals surface area contributed by atoms with Gasteiger partial charge in [0.05, 0.1) is 23.4 Å². The summed E-state index contributed by atoms with van der Waals surface area (Å²) in [5, 5.41) is 10.7. The molecule has 0 bridgehead atoms. The number of hydrogen-bond acceptors (Lipinski definition) is 5. The van der Waals surface area contributed by atoms with Gasteiger partial charge in [-0.05, 0) is 48.0 Å². The number of aromatic nitrogens is 2. The third-order valence-electron chi connectivity index (χ3n) is 3.52. The minimum absolute atomic E-state index is 0.00877. The van der Waals surface area contributed by atoms with Crippen LogP contribution in [0.1, 0.15) is 0 Å². The Morgan fingerprint density at radius 3 is 2.25 bits per heavy atom. The van der Waals surface area contributed by atoms with Crippen molar-refractivity contribution in [1.82, 2.24) is 9.97 Å². The number of methoxy groups -OCH3 is 1. The van der Waals surface area contributed by atoms with Crippen LogP contribution in [0.15, 0.2) is 59.4 Å². The number of hydrogen-bond donors (Lipinski definition) is 1. The minimum Gasteiger partial charge on any atom is -0.497 e. The van der Waals surface area contributed by atoms with Crippen LogP contribution in [0.2, 0.25) is 0 Å². The Labute approximate surface area is 136 Å². The molecule has 1 heterocycles. The zero-order chi connectivity index (χ0) is 17.1. The highest BCUT2D eigenvalue weighted by Gasteiger charge is 2.09. The summed E-state index contributed by atoms with van der Waals surface area (Å²) in [5.41, 5.74) is 1.98. The molecule has 1 N–H and O–H groups in total. The van der Waals surface area contributed by atoms with E-state index in [0.717, 1.165) is 5.56 Å². The molecule has 0 saturated carbocycles. The van der Waals surface area contributed by atoms with E-state index in [1.54, 1.807) is 49.6 Å². The number of aromatic amines is 1. The fourth-order valence-corrected chi connectivity index (χ4v) is 2.29. The van der Waals surface area contributed by atoms with Gasteiger partial charge in [0.25, 0.3) is 5.69 Å². The highest BCUT2D eigenvalue weighted by molar-refractivity contribution is 5.68. The van der Waals surface area contributed by atoms with Gasteiger partial charge in [-0.2, -0.15) is 4.98 Å². The number of H-pyrrole nitrogens is 1. The monoisotopic (exact) mass is 323 g/mol. The molecule has 7 heteroatoms. The number of nitrogens with zero attached hydrogens (tertiary/aromatic N) is 2. The smallest absolute Gasteiger partial charge is 0.345 e. The zero-order valence-electron chi connectivity index (χ0n) is 12.7. The van der Waals surface area contributed by atoms with Gasteiger partial charge in [-0.25, -0.2) is 4.79 Å². The summed E-state index contributed by atoms with van der Waals surface area (Å²) in [6, 6.07) is 14.9. The van der Waals surface area contributed by atoms with Crippen LogP contribution >= 0.6 is 0 Å². The van der Waals surface area contributed by atoms with E-state index in [1.807, 2.05) is 0 Å². The van der Waals surface area contributed by atoms with Crippen molar-refractivity contribution in [2.45, 2.75) is 0 Å². The summed E-state index contributed by atoms with van der Waals surface area (Å²) < 4.78 is 5.11. The Bertz CT molecular complexity index is 931. The molecule has 0 aliphatic rings. The summed E-state index contributed by atoms with van der Waals surface area (Å²) in [5.74, 6) is 0.708. The van der Waals surface area contributed by atoms with E-state index in [-0.39, 0.29) is 5.69 Å². The molecule has 24 heavy (non-hydrogen) atoms. The Hall–Kier alpha value is -3.48. The van der Waals surface area contributed by atoms with Crippen molar-refractivity contribution in [3.05, 3.63) is 75.2 Å². The van der Waals surface area contributed by atoms with Gasteiger partial charge in [-0.3, -0.25) is 10.1 Å². The molecule has 0 amide bonds. The first kappa shape index (κ1) is 15.4. The third kappa shape index (κ3) is 3.14. The molecule has 0 fully saturated rings. The maximum Gasteiger partial charge on any atom is 0.345 e. The number of nitrogens with one attached hydrogen (secondary N) is 1. The largest absolute Gasteiger partial charge is 0.497 e. The molecular formula is C17H13N3O4. The number of nitro benzene ring substituents is 1. The number of rotatable bonds is 4. The van der Waals surface area contributed by atoms with E-state index in [4.69, 9.17) is 4.74 Å². The van der Waals surface area contributed by atoms with Crippen LogP contribution in [0.3, 0.4) is 0 Å². The van der Waals surface area contributed by atoms with Gasteiger partial charge in [0.1, 0.15) is 5.75 Å². The van der Waals surface area contributed by atoms with E-state index in [1.165, 1.54) is 12.1 Å². The molecule has 0 atom stereocenters. The highest BCUT2D eigenvalue weighted by Crippen LogP contribution is 2.24. The van der Waals surface area contributed by atoms with Crippen LogP contribution in [0.25, 0.3) is 22.5 Å². The van der Waals surface area contributed by atoms with Gasteiger partial charge >= 0.3 is 5.69 Å². The number of non-ortho nitro benzene ring substituents is 1. The summed E-state index contributed by atoms with van der Waals surface area (Å²) in [6.45, 7) is 0. The van der Waals surface area contributed by atoms with Gasteiger partial charge in [0.2, 0.25) is 0 Å². The SMILES string of the molecule is COc1ccc(-c2cc(-c3ccc([N+](=O)[O-])cc3)[nH]c(=O)n2)cc1. The van der Waals surface area contributed by atoms with Crippen LogP contribution in [0, 0.1) is 10.1 Å². The molecule has 7 nitrogen and oxygen atoms in total. The van der Waals surface area contributed by atoms with Crippen LogP contribution in [0.5, 0.6) is 5.75 Å². The number of benzene rings is 2. The van der Waals surface area contributed by atoms with Gasteiger partial charge in [-0.1, -0.05) is 0 Å². The van der Waals surface area contributed by atoms with Crippen LogP contribution in [-0.2, 0) is 0 Å². The van der Waals surface area contributed by atoms with Gasteiger partial charge in [0, 0.05) is 17.7 Å². The lowest BCUT2D eigenvalue weighted by molar-refractivity contribution is -0.384. The lowest BCUT2D eigenvalue weighted by atomic mass is 10.1. The molecule has 120 valence electrons. The minimum atomic E-state index is -0.489. The fourth-order valence-electron chi connectivity index (χ4n) is 2.29. The predicted octanol–water partition coefficient (Wildman–Crippen LogP) is 3.02. The van der Waals surface area contributed by atoms with Crippen LogP contribution < -0.4 is 10.4 Å². The molecule has 0 unspecified atom stereocenters. The normalized spacial score (nSPS) is 10.4. The summed E-state index contributed by atoms with van der Waals surface area (Å²) >= 11 is 0. The Balaban J connectivity index is 2.02. The predicted molar refractivity (Wildman–Crippen MR) is 88.9 cm³/mol. The second-order valence-electron chi connectivity index (χ2n) is 5.02. The topological polar surface area (TPSA) is 98.1 Å². The summed E-state index contributed by atoms with van der Waals surface area (Å²) in [7, 11) is 1.58. The molecule has 3 aromatic rings. The van der Waals surface area contributed by atoms with Crippen molar-refractivity contribution in [2.24, 2.45) is 0 Å². The van der Waals surface area contributed by atoms with Crippen molar-refractivity contribution in [2.75, 3.05) is 7.11 Å². The van der Waals surface area contributed by atoms with Gasteiger partial charge in [-0.15, -0.1) is 0 Å². The lowest BCUT2D eigenvalue weighted by Crippen LogP contribution is -2.11. The fraction of sp³-hybridized carbons (Fsp3) is 0.0588. The molecule has 0 radical (unpaired) electrons. The van der Waals surface area contributed by atoms with Gasteiger partial charge < -0.3 is 9.72 Å². The average molecular weight is 323 g/mol. The molecule has 0 aliphatic carbocycles. The van der Waals surface area contributed by atoms with Crippen molar-refractivity contribution in [1.29, 1.82) is 0 Å². The quantitative estimate of drug-likeness (QED) is 0.588. The standard InChI is InChI=1S/C17H13N3O4/c1-24-14-8-4-12(5-9-14)16-10-15(18-17(21)19-16)11-2-6-13(7-3-11)20(22)23/h2-10H,1H3,(H,18,19,21). The van der Waals surface area contributed by atoms with Gasteiger partial charge in [0.15, 0.2) is 0 Å². The molecule has 1 aromatic heterocycles. The summed E-state index contributed by atoms with van der Waals surface area (Å²) in [4.78, 5) is 28.7. The van der Waals surface area contributed by atoms with Crippen molar-refractivity contribution >= 4 is 5.69 Å².